The highest BCUT2D eigenvalue weighted by Crippen LogP contribution is 2.29. The summed E-state index contributed by atoms with van der Waals surface area (Å²) in [4.78, 5) is 8.91. The molecule has 5 heteroatoms. The Labute approximate surface area is 129 Å². The van der Waals surface area contributed by atoms with Crippen LogP contribution in [0.1, 0.15) is 36.9 Å². The second-order valence-electron chi connectivity index (χ2n) is 5.58. The highest BCUT2D eigenvalue weighted by atomic mass is 19.1. The van der Waals surface area contributed by atoms with E-state index in [0.29, 0.717) is 35.0 Å². The number of benzene rings is 1. The Bertz CT molecular complexity index is 669. The summed E-state index contributed by atoms with van der Waals surface area (Å²) in [6, 6.07) is 5.13. The molecule has 1 fully saturated rings. The molecule has 1 saturated heterocycles. The maximum absolute atomic E-state index is 14.0. The summed E-state index contributed by atoms with van der Waals surface area (Å²) in [5.41, 5.74) is 8.79. The van der Waals surface area contributed by atoms with E-state index < -0.39 is 0 Å². The molecule has 4 nitrogen and oxygen atoms in total. The molecule has 1 aromatic carbocycles. The van der Waals surface area contributed by atoms with Crippen LogP contribution in [0.5, 0.6) is 0 Å². The number of nitrogen functional groups attached to an aromatic ring is 1. The van der Waals surface area contributed by atoms with Crippen LogP contribution in [0.25, 0.3) is 11.3 Å². The van der Waals surface area contributed by atoms with Gasteiger partial charge in [-0.05, 0) is 30.9 Å². The van der Waals surface area contributed by atoms with Gasteiger partial charge in [-0.2, -0.15) is 0 Å². The predicted molar refractivity (Wildman–Crippen MR) is 84.0 cm³/mol. The van der Waals surface area contributed by atoms with Crippen LogP contribution in [0.4, 0.5) is 10.2 Å². The van der Waals surface area contributed by atoms with Crippen LogP contribution in [-0.2, 0) is 11.2 Å². The number of rotatable bonds is 3. The van der Waals surface area contributed by atoms with Crippen molar-refractivity contribution in [3.8, 4) is 11.3 Å². The fourth-order valence-corrected chi connectivity index (χ4v) is 2.80. The van der Waals surface area contributed by atoms with Gasteiger partial charge >= 0.3 is 0 Å². The zero-order valence-electron chi connectivity index (χ0n) is 12.7. The van der Waals surface area contributed by atoms with Crippen molar-refractivity contribution in [3.05, 3.63) is 41.5 Å². The molecule has 0 atom stereocenters. The Morgan fingerprint density at radius 3 is 2.77 bits per heavy atom. The molecule has 1 aromatic heterocycles. The van der Waals surface area contributed by atoms with Crippen LogP contribution in [0.15, 0.2) is 24.4 Å². The summed E-state index contributed by atoms with van der Waals surface area (Å²) in [5, 5.41) is 0. The van der Waals surface area contributed by atoms with Gasteiger partial charge in [0, 0.05) is 24.7 Å². The van der Waals surface area contributed by atoms with E-state index in [4.69, 9.17) is 10.5 Å². The number of nitrogens with two attached hydrogens (primary N) is 1. The number of hydrogen-bond acceptors (Lipinski definition) is 4. The van der Waals surface area contributed by atoms with E-state index in [1.165, 1.54) is 6.07 Å². The van der Waals surface area contributed by atoms with Crippen LogP contribution in [-0.4, -0.2) is 23.2 Å². The van der Waals surface area contributed by atoms with Gasteiger partial charge in [-0.25, -0.2) is 14.4 Å². The summed E-state index contributed by atoms with van der Waals surface area (Å²) in [5.74, 6) is 0.442. The van der Waals surface area contributed by atoms with Gasteiger partial charge in [-0.15, -0.1) is 0 Å². The number of nitrogens with zero attached hydrogens (tertiary/aromatic N) is 2. The molecule has 0 saturated carbocycles. The Kier molecular flexibility index (Phi) is 4.34. The first-order chi connectivity index (χ1) is 10.7. The van der Waals surface area contributed by atoms with Crippen molar-refractivity contribution < 1.29 is 9.13 Å². The average molecular weight is 301 g/mol. The zero-order chi connectivity index (χ0) is 15.5. The van der Waals surface area contributed by atoms with Gasteiger partial charge in [0.05, 0.1) is 11.9 Å². The van der Waals surface area contributed by atoms with E-state index >= 15 is 0 Å². The first-order valence-corrected chi connectivity index (χ1v) is 7.68. The normalized spacial score (nSPS) is 15.9. The lowest BCUT2D eigenvalue weighted by Crippen LogP contribution is -2.16. The van der Waals surface area contributed by atoms with Crippen LogP contribution < -0.4 is 5.73 Å². The zero-order valence-corrected chi connectivity index (χ0v) is 12.7. The van der Waals surface area contributed by atoms with Crippen molar-refractivity contribution in [1.82, 2.24) is 9.97 Å². The molecule has 1 aliphatic rings. The van der Waals surface area contributed by atoms with Gasteiger partial charge < -0.3 is 10.5 Å². The lowest BCUT2D eigenvalue weighted by atomic mass is 9.96. The Hall–Kier alpha value is -2.01. The van der Waals surface area contributed by atoms with E-state index in [9.17, 15) is 4.39 Å². The van der Waals surface area contributed by atoms with E-state index in [-0.39, 0.29) is 5.82 Å². The van der Waals surface area contributed by atoms with Gasteiger partial charge in [0.2, 0.25) is 0 Å². The highest BCUT2D eigenvalue weighted by molar-refractivity contribution is 5.70. The molecule has 116 valence electrons. The van der Waals surface area contributed by atoms with Gasteiger partial charge in [-0.3, -0.25) is 0 Å². The van der Waals surface area contributed by atoms with Crippen LogP contribution in [0, 0.1) is 5.82 Å². The SMILES string of the molecule is CCc1ccc(-c2nc(C3CCOCC3)cnc2N)cc1F. The average Bonchev–Trinajstić information content (AvgIpc) is 2.56. The fourth-order valence-electron chi connectivity index (χ4n) is 2.80. The molecule has 3 rings (SSSR count). The minimum atomic E-state index is -0.224. The number of aryl methyl sites for hydroxylation is 1. The van der Waals surface area contributed by atoms with Crippen molar-refractivity contribution in [2.75, 3.05) is 18.9 Å². The summed E-state index contributed by atoms with van der Waals surface area (Å²) < 4.78 is 19.4. The predicted octanol–water partition coefficient (Wildman–Crippen LogP) is 3.32. The molecule has 22 heavy (non-hydrogen) atoms. The second kappa shape index (κ2) is 6.40. The van der Waals surface area contributed by atoms with Crippen molar-refractivity contribution in [2.45, 2.75) is 32.1 Å². The topological polar surface area (TPSA) is 61.0 Å². The minimum Gasteiger partial charge on any atom is -0.382 e. The van der Waals surface area contributed by atoms with Gasteiger partial charge in [-0.1, -0.05) is 19.1 Å². The molecule has 0 spiro atoms. The summed E-state index contributed by atoms with van der Waals surface area (Å²) in [6.07, 6.45) is 4.25. The van der Waals surface area contributed by atoms with Crippen molar-refractivity contribution in [1.29, 1.82) is 0 Å². The van der Waals surface area contributed by atoms with Gasteiger partial charge in [0.25, 0.3) is 0 Å². The second-order valence-corrected chi connectivity index (χ2v) is 5.58. The molecule has 1 aliphatic heterocycles. The third-order valence-corrected chi connectivity index (χ3v) is 4.17. The fraction of sp³-hybridized carbons (Fsp3) is 0.412. The molecule has 0 unspecified atom stereocenters. The molecular weight excluding hydrogens is 281 g/mol. The van der Waals surface area contributed by atoms with Gasteiger partial charge in [0.15, 0.2) is 0 Å². The van der Waals surface area contributed by atoms with Gasteiger partial charge in [0.1, 0.15) is 17.3 Å². The lowest BCUT2D eigenvalue weighted by Gasteiger charge is -2.21. The van der Waals surface area contributed by atoms with Crippen LogP contribution in [0.2, 0.25) is 0 Å². The van der Waals surface area contributed by atoms with E-state index in [1.807, 2.05) is 13.0 Å². The third kappa shape index (κ3) is 2.95. The maximum atomic E-state index is 14.0. The smallest absolute Gasteiger partial charge is 0.150 e. The number of halogens is 1. The molecule has 2 aromatic rings. The number of anilines is 1. The number of aromatic nitrogens is 2. The first kappa shape index (κ1) is 14.9. The van der Waals surface area contributed by atoms with Crippen molar-refractivity contribution in [2.24, 2.45) is 0 Å². The Balaban J connectivity index is 1.97. The molecule has 0 aliphatic carbocycles. The van der Waals surface area contributed by atoms with E-state index in [2.05, 4.69) is 9.97 Å². The highest BCUT2D eigenvalue weighted by Gasteiger charge is 2.19. The third-order valence-electron chi connectivity index (χ3n) is 4.17. The molecule has 0 amide bonds. The summed E-state index contributed by atoms with van der Waals surface area (Å²) in [6.45, 7) is 3.41. The van der Waals surface area contributed by atoms with Crippen molar-refractivity contribution in [3.63, 3.8) is 0 Å². The molecule has 2 heterocycles. The largest absolute Gasteiger partial charge is 0.382 e. The molecule has 2 N–H and O–H groups in total. The Morgan fingerprint density at radius 2 is 2.09 bits per heavy atom. The molecule has 0 bridgehead atoms. The lowest BCUT2D eigenvalue weighted by molar-refractivity contribution is 0.0844. The number of ether oxygens (including phenoxy) is 1. The molecule has 0 radical (unpaired) electrons. The van der Waals surface area contributed by atoms with E-state index in [0.717, 1.165) is 31.7 Å². The first-order valence-electron chi connectivity index (χ1n) is 7.68. The van der Waals surface area contributed by atoms with Crippen molar-refractivity contribution >= 4 is 5.82 Å². The monoisotopic (exact) mass is 301 g/mol. The summed E-state index contributed by atoms with van der Waals surface area (Å²) in [7, 11) is 0. The molecular formula is C17H20FN3O. The maximum Gasteiger partial charge on any atom is 0.150 e. The Morgan fingerprint density at radius 1 is 1.32 bits per heavy atom. The quantitative estimate of drug-likeness (QED) is 0.944. The minimum absolute atomic E-state index is 0.224. The van der Waals surface area contributed by atoms with Crippen LogP contribution >= 0.6 is 0 Å². The standard InChI is InChI=1S/C17H20FN3O/c1-2-11-3-4-13(9-14(11)18)16-17(19)20-10-15(21-16)12-5-7-22-8-6-12/h3-4,9-10,12H,2,5-8H2,1H3,(H2,19,20). The summed E-state index contributed by atoms with van der Waals surface area (Å²) >= 11 is 0. The number of hydrogen-bond donors (Lipinski definition) is 1. The van der Waals surface area contributed by atoms with E-state index in [1.54, 1.807) is 12.3 Å². The van der Waals surface area contributed by atoms with Crippen LogP contribution in [0.3, 0.4) is 0 Å².